The van der Waals surface area contributed by atoms with Gasteiger partial charge in [-0.3, -0.25) is 0 Å². The molecule has 0 aliphatic rings. The third kappa shape index (κ3) is 4.24. The van der Waals surface area contributed by atoms with E-state index in [0.717, 1.165) is 5.56 Å². The molecule has 0 aromatic heterocycles. The fraction of sp³-hybridized carbons (Fsp3) is 0.538. The van der Waals surface area contributed by atoms with Crippen molar-refractivity contribution < 1.29 is 14.6 Å². The lowest BCUT2D eigenvalue weighted by Crippen LogP contribution is -2.09. The van der Waals surface area contributed by atoms with E-state index >= 15 is 0 Å². The van der Waals surface area contributed by atoms with Gasteiger partial charge in [-0.1, -0.05) is 6.07 Å². The second-order valence-corrected chi connectivity index (χ2v) is 4.19. The van der Waals surface area contributed by atoms with Crippen LogP contribution in [-0.4, -0.2) is 24.9 Å². The number of aliphatic hydroxyl groups excluding tert-OH is 1. The normalized spacial score (nSPS) is 14.2. The van der Waals surface area contributed by atoms with Crippen LogP contribution in [0.15, 0.2) is 18.2 Å². The van der Waals surface area contributed by atoms with Gasteiger partial charge in [-0.2, -0.15) is 0 Å². The standard InChI is InChI=1S/C13H21NO3/c1-9(15)6-7-17-12-5-4-11(10(2)14)8-13(12)16-3/h4-5,8-10,15H,6-7,14H2,1-3H3/t9?,10-/m0/s1. The van der Waals surface area contributed by atoms with Gasteiger partial charge in [0.2, 0.25) is 0 Å². The summed E-state index contributed by atoms with van der Waals surface area (Å²) in [6.07, 6.45) is 0.238. The molecule has 2 atom stereocenters. The summed E-state index contributed by atoms with van der Waals surface area (Å²) in [5, 5.41) is 9.15. The minimum Gasteiger partial charge on any atom is -0.493 e. The number of nitrogens with two attached hydrogens (primary N) is 1. The molecule has 3 N–H and O–H groups in total. The molecule has 0 bridgehead atoms. The number of rotatable bonds is 6. The van der Waals surface area contributed by atoms with Crippen LogP contribution in [0.3, 0.4) is 0 Å². The van der Waals surface area contributed by atoms with Crippen LogP contribution in [0.2, 0.25) is 0 Å². The summed E-state index contributed by atoms with van der Waals surface area (Å²) in [5.41, 5.74) is 6.80. The molecule has 1 aromatic rings. The third-order valence-electron chi connectivity index (χ3n) is 2.51. The maximum Gasteiger partial charge on any atom is 0.161 e. The van der Waals surface area contributed by atoms with Crippen molar-refractivity contribution in [2.45, 2.75) is 32.4 Å². The van der Waals surface area contributed by atoms with E-state index < -0.39 is 0 Å². The summed E-state index contributed by atoms with van der Waals surface area (Å²) in [7, 11) is 1.60. The highest BCUT2D eigenvalue weighted by molar-refractivity contribution is 5.43. The summed E-state index contributed by atoms with van der Waals surface area (Å²) in [6, 6.07) is 5.61. The molecule has 96 valence electrons. The quantitative estimate of drug-likeness (QED) is 0.795. The summed E-state index contributed by atoms with van der Waals surface area (Å²) in [6.45, 7) is 4.12. The number of ether oxygens (including phenoxy) is 2. The van der Waals surface area contributed by atoms with E-state index in [0.29, 0.717) is 24.5 Å². The molecule has 0 amide bonds. The first-order chi connectivity index (χ1) is 8.04. The molecule has 0 heterocycles. The van der Waals surface area contributed by atoms with Crippen LogP contribution in [0, 0.1) is 0 Å². The van der Waals surface area contributed by atoms with Crippen molar-refractivity contribution in [2.24, 2.45) is 5.73 Å². The van der Waals surface area contributed by atoms with Gasteiger partial charge in [0.15, 0.2) is 11.5 Å². The van der Waals surface area contributed by atoms with E-state index in [1.807, 2.05) is 25.1 Å². The number of benzene rings is 1. The summed E-state index contributed by atoms with van der Waals surface area (Å²) < 4.78 is 10.8. The Morgan fingerprint density at radius 1 is 1.29 bits per heavy atom. The molecule has 0 radical (unpaired) electrons. The first-order valence-electron chi connectivity index (χ1n) is 5.79. The molecule has 0 saturated carbocycles. The largest absolute Gasteiger partial charge is 0.493 e. The van der Waals surface area contributed by atoms with Gasteiger partial charge in [0, 0.05) is 12.5 Å². The van der Waals surface area contributed by atoms with Gasteiger partial charge >= 0.3 is 0 Å². The summed E-state index contributed by atoms with van der Waals surface area (Å²) in [5.74, 6) is 1.35. The second-order valence-electron chi connectivity index (χ2n) is 4.19. The minimum absolute atomic E-state index is 0.0320. The lowest BCUT2D eigenvalue weighted by molar-refractivity contribution is 0.154. The lowest BCUT2D eigenvalue weighted by atomic mass is 10.1. The van der Waals surface area contributed by atoms with Crippen molar-refractivity contribution in [2.75, 3.05) is 13.7 Å². The molecule has 1 rings (SSSR count). The third-order valence-corrected chi connectivity index (χ3v) is 2.51. The molecular formula is C13H21NO3. The predicted molar refractivity (Wildman–Crippen MR) is 67.4 cm³/mol. The van der Waals surface area contributed by atoms with Gasteiger partial charge in [-0.05, 0) is 31.5 Å². The van der Waals surface area contributed by atoms with Crippen LogP contribution in [-0.2, 0) is 0 Å². The number of aliphatic hydroxyl groups is 1. The Morgan fingerprint density at radius 3 is 2.53 bits per heavy atom. The van der Waals surface area contributed by atoms with E-state index in [-0.39, 0.29) is 12.1 Å². The molecule has 4 nitrogen and oxygen atoms in total. The van der Waals surface area contributed by atoms with Gasteiger partial charge in [0.05, 0.1) is 19.8 Å². The Balaban J connectivity index is 2.71. The molecule has 0 aliphatic heterocycles. The fourth-order valence-electron chi connectivity index (χ4n) is 1.43. The Bertz CT molecular complexity index is 351. The number of hydrogen-bond acceptors (Lipinski definition) is 4. The minimum atomic E-state index is -0.357. The smallest absolute Gasteiger partial charge is 0.161 e. The number of methoxy groups -OCH3 is 1. The summed E-state index contributed by atoms with van der Waals surface area (Å²) in [4.78, 5) is 0. The van der Waals surface area contributed by atoms with Gasteiger partial charge in [-0.25, -0.2) is 0 Å². The van der Waals surface area contributed by atoms with Gasteiger partial charge in [0.25, 0.3) is 0 Å². The van der Waals surface area contributed by atoms with E-state index in [4.69, 9.17) is 20.3 Å². The Hall–Kier alpha value is -1.26. The van der Waals surface area contributed by atoms with Crippen molar-refractivity contribution in [1.82, 2.24) is 0 Å². The SMILES string of the molecule is COc1cc([C@H](C)N)ccc1OCCC(C)O. The molecular weight excluding hydrogens is 218 g/mol. The number of hydrogen-bond donors (Lipinski definition) is 2. The van der Waals surface area contributed by atoms with Crippen molar-refractivity contribution in [3.8, 4) is 11.5 Å². The second kappa shape index (κ2) is 6.47. The lowest BCUT2D eigenvalue weighted by Gasteiger charge is -2.14. The Labute approximate surface area is 102 Å². The first-order valence-corrected chi connectivity index (χ1v) is 5.79. The van der Waals surface area contributed by atoms with Crippen LogP contribution in [0.25, 0.3) is 0 Å². The van der Waals surface area contributed by atoms with Crippen molar-refractivity contribution in [3.63, 3.8) is 0 Å². The molecule has 0 fully saturated rings. The molecule has 0 saturated heterocycles. The predicted octanol–water partition coefficient (Wildman–Crippen LogP) is 1.86. The molecule has 0 spiro atoms. The van der Waals surface area contributed by atoms with E-state index in [9.17, 15) is 0 Å². The zero-order valence-corrected chi connectivity index (χ0v) is 10.6. The maximum absolute atomic E-state index is 9.15. The van der Waals surface area contributed by atoms with Gasteiger partial charge in [0.1, 0.15) is 0 Å². The highest BCUT2D eigenvalue weighted by atomic mass is 16.5. The molecule has 0 aliphatic carbocycles. The van der Waals surface area contributed by atoms with Crippen molar-refractivity contribution in [1.29, 1.82) is 0 Å². The van der Waals surface area contributed by atoms with Crippen LogP contribution in [0.5, 0.6) is 11.5 Å². The monoisotopic (exact) mass is 239 g/mol. The van der Waals surface area contributed by atoms with Crippen LogP contribution in [0.1, 0.15) is 31.9 Å². The maximum atomic E-state index is 9.15. The van der Waals surface area contributed by atoms with Gasteiger partial charge in [-0.15, -0.1) is 0 Å². The average Bonchev–Trinajstić information content (AvgIpc) is 2.28. The zero-order valence-electron chi connectivity index (χ0n) is 10.6. The van der Waals surface area contributed by atoms with Crippen molar-refractivity contribution in [3.05, 3.63) is 23.8 Å². The molecule has 4 heteroatoms. The van der Waals surface area contributed by atoms with Crippen LogP contribution >= 0.6 is 0 Å². The molecule has 17 heavy (non-hydrogen) atoms. The highest BCUT2D eigenvalue weighted by Gasteiger charge is 2.08. The summed E-state index contributed by atoms with van der Waals surface area (Å²) >= 11 is 0. The van der Waals surface area contributed by atoms with Crippen molar-refractivity contribution >= 4 is 0 Å². The van der Waals surface area contributed by atoms with E-state index in [2.05, 4.69) is 0 Å². The Morgan fingerprint density at radius 2 is 2.00 bits per heavy atom. The van der Waals surface area contributed by atoms with Crippen LogP contribution in [0.4, 0.5) is 0 Å². The highest BCUT2D eigenvalue weighted by Crippen LogP contribution is 2.29. The first kappa shape index (κ1) is 13.8. The average molecular weight is 239 g/mol. The topological polar surface area (TPSA) is 64.7 Å². The fourth-order valence-corrected chi connectivity index (χ4v) is 1.43. The van der Waals surface area contributed by atoms with E-state index in [1.165, 1.54) is 0 Å². The van der Waals surface area contributed by atoms with Crippen LogP contribution < -0.4 is 15.2 Å². The zero-order chi connectivity index (χ0) is 12.8. The molecule has 1 unspecified atom stereocenters. The molecule has 1 aromatic carbocycles. The van der Waals surface area contributed by atoms with Gasteiger partial charge < -0.3 is 20.3 Å². The Kier molecular flexibility index (Phi) is 5.25. The van der Waals surface area contributed by atoms with E-state index in [1.54, 1.807) is 14.0 Å².